The topological polar surface area (TPSA) is 46.2 Å². The first-order valence-electron chi connectivity index (χ1n) is 7.22. The van der Waals surface area contributed by atoms with Crippen LogP contribution in [0.4, 0.5) is 0 Å². The van der Waals surface area contributed by atoms with E-state index >= 15 is 0 Å². The van der Waals surface area contributed by atoms with E-state index in [9.17, 15) is 5.11 Å². The SMILES string of the molecule is Cc1ccc(CC(C)C(N)C(O)c2cccc(Cl)c2)cc1. The fourth-order valence-corrected chi connectivity index (χ4v) is 2.65. The molecule has 2 rings (SSSR count). The monoisotopic (exact) mass is 303 g/mol. The lowest BCUT2D eigenvalue weighted by molar-refractivity contribution is 0.121. The minimum absolute atomic E-state index is 0.168. The zero-order valence-corrected chi connectivity index (χ0v) is 13.2. The highest BCUT2D eigenvalue weighted by molar-refractivity contribution is 6.30. The van der Waals surface area contributed by atoms with Crippen molar-refractivity contribution in [2.75, 3.05) is 0 Å². The van der Waals surface area contributed by atoms with E-state index in [1.807, 2.05) is 12.1 Å². The van der Waals surface area contributed by atoms with Crippen LogP contribution >= 0.6 is 11.6 Å². The number of rotatable bonds is 5. The van der Waals surface area contributed by atoms with Crippen LogP contribution in [0.5, 0.6) is 0 Å². The van der Waals surface area contributed by atoms with Gasteiger partial charge in [-0.2, -0.15) is 0 Å². The maximum Gasteiger partial charge on any atom is 0.0944 e. The third-order valence-electron chi connectivity index (χ3n) is 3.89. The Balaban J connectivity index is 2.04. The van der Waals surface area contributed by atoms with Gasteiger partial charge < -0.3 is 10.8 Å². The van der Waals surface area contributed by atoms with Crippen molar-refractivity contribution in [3.05, 3.63) is 70.2 Å². The van der Waals surface area contributed by atoms with Crippen molar-refractivity contribution in [3.8, 4) is 0 Å². The molecule has 0 saturated carbocycles. The van der Waals surface area contributed by atoms with E-state index in [0.29, 0.717) is 5.02 Å². The van der Waals surface area contributed by atoms with Crippen LogP contribution in [-0.4, -0.2) is 11.1 Å². The number of benzene rings is 2. The summed E-state index contributed by atoms with van der Waals surface area (Å²) in [4.78, 5) is 0. The molecule has 0 heterocycles. The number of hydrogen-bond acceptors (Lipinski definition) is 2. The lowest BCUT2D eigenvalue weighted by Gasteiger charge is -2.25. The van der Waals surface area contributed by atoms with E-state index in [0.717, 1.165) is 12.0 Å². The van der Waals surface area contributed by atoms with Crippen molar-refractivity contribution >= 4 is 11.6 Å². The summed E-state index contributed by atoms with van der Waals surface area (Å²) in [5.41, 5.74) is 9.48. The van der Waals surface area contributed by atoms with Gasteiger partial charge >= 0.3 is 0 Å². The zero-order chi connectivity index (χ0) is 15.4. The van der Waals surface area contributed by atoms with Crippen LogP contribution in [0, 0.1) is 12.8 Å². The van der Waals surface area contributed by atoms with Crippen LogP contribution in [0.25, 0.3) is 0 Å². The van der Waals surface area contributed by atoms with Gasteiger partial charge in [0.25, 0.3) is 0 Å². The maximum atomic E-state index is 10.4. The molecule has 3 heteroatoms. The second-order valence-electron chi connectivity index (χ2n) is 5.74. The molecule has 0 saturated heterocycles. The molecule has 0 amide bonds. The van der Waals surface area contributed by atoms with Crippen LogP contribution < -0.4 is 5.73 Å². The molecule has 2 nitrogen and oxygen atoms in total. The molecule has 0 bridgehead atoms. The van der Waals surface area contributed by atoms with E-state index in [4.69, 9.17) is 17.3 Å². The summed E-state index contributed by atoms with van der Waals surface area (Å²) in [5.74, 6) is 0.168. The van der Waals surface area contributed by atoms with Gasteiger partial charge in [0.15, 0.2) is 0 Å². The molecule has 0 aromatic heterocycles. The molecular weight excluding hydrogens is 282 g/mol. The Labute approximate surface area is 131 Å². The number of aliphatic hydroxyl groups is 1. The Morgan fingerprint density at radius 2 is 1.81 bits per heavy atom. The molecule has 0 aliphatic heterocycles. The van der Waals surface area contributed by atoms with Gasteiger partial charge in [0.05, 0.1) is 6.10 Å². The van der Waals surface area contributed by atoms with Crippen LogP contribution in [0.15, 0.2) is 48.5 Å². The first-order chi connectivity index (χ1) is 9.97. The number of aryl methyl sites for hydroxylation is 1. The van der Waals surface area contributed by atoms with Gasteiger partial charge in [-0.15, -0.1) is 0 Å². The van der Waals surface area contributed by atoms with Crippen molar-refractivity contribution < 1.29 is 5.11 Å². The van der Waals surface area contributed by atoms with Gasteiger partial charge in [-0.25, -0.2) is 0 Å². The summed E-state index contributed by atoms with van der Waals surface area (Å²) in [6.45, 7) is 4.14. The molecule has 21 heavy (non-hydrogen) atoms. The summed E-state index contributed by atoms with van der Waals surface area (Å²) < 4.78 is 0. The Morgan fingerprint density at radius 1 is 1.14 bits per heavy atom. The standard InChI is InChI=1S/C18H22ClNO/c1-12-6-8-14(9-7-12)10-13(2)17(20)18(21)15-4-3-5-16(19)11-15/h3-9,11,13,17-18,21H,10,20H2,1-2H3. The van der Waals surface area contributed by atoms with Gasteiger partial charge in [0.1, 0.15) is 0 Å². The van der Waals surface area contributed by atoms with Crippen LogP contribution in [0.3, 0.4) is 0 Å². The van der Waals surface area contributed by atoms with Crippen LogP contribution in [0.2, 0.25) is 5.02 Å². The van der Waals surface area contributed by atoms with E-state index in [1.165, 1.54) is 11.1 Å². The molecule has 3 N–H and O–H groups in total. The van der Waals surface area contributed by atoms with E-state index in [-0.39, 0.29) is 12.0 Å². The molecule has 0 radical (unpaired) electrons. The van der Waals surface area contributed by atoms with E-state index < -0.39 is 6.10 Å². The lowest BCUT2D eigenvalue weighted by Crippen LogP contribution is -2.36. The Hall–Kier alpha value is -1.35. The molecule has 0 spiro atoms. The minimum atomic E-state index is -0.704. The molecule has 2 aromatic rings. The van der Waals surface area contributed by atoms with E-state index in [1.54, 1.807) is 12.1 Å². The van der Waals surface area contributed by atoms with Crippen molar-refractivity contribution in [2.45, 2.75) is 32.4 Å². The van der Waals surface area contributed by atoms with Gasteiger partial charge in [-0.05, 0) is 42.5 Å². The van der Waals surface area contributed by atoms with Crippen molar-refractivity contribution in [2.24, 2.45) is 11.7 Å². The molecule has 112 valence electrons. The van der Waals surface area contributed by atoms with Crippen molar-refractivity contribution in [3.63, 3.8) is 0 Å². The highest BCUT2D eigenvalue weighted by Crippen LogP contribution is 2.24. The summed E-state index contributed by atoms with van der Waals surface area (Å²) in [6, 6.07) is 15.3. The first kappa shape index (κ1) is 16.0. The molecular formula is C18H22ClNO. The highest BCUT2D eigenvalue weighted by Gasteiger charge is 2.23. The molecule has 3 atom stereocenters. The Kier molecular flexibility index (Phi) is 5.40. The molecule has 3 unspecified atom stereocenters. The third kappa shape index (κ3) is 4.31. The average Bonchev–Trinajstić information content (AvgIpc) is 2.48. The van der Waals surface area contributed by atoms with Crippen molar-refractivity contribution in [1.82, 2.24) is 0 Å². The van der Waals surface area contributed by atoms with E-state index in [2.05, 4.69) is 38.1 Å². The predicted octanol–water partition coefficient (Wildman–Crippen LogP) is 3.89. The second-order valence-corrected chi connectivity index (χ2v) is 6.18. The second kappa shape index (κ2) is 7.08. The molecule has 0 aliphatic carbocycles. The highest BCUT2D eigenvalue weighted by atomic mass is 35.5. The molecule has 0 aliphatic rings. The van der Waals surface area contributed by atoms with Gasteiger partial charge in [-0.1, -0.05) is 60.5 Å². The maximum absolute atomic E-state index is 10.4. The summed E-state index contributed by atoms with van der Waals surface area (Å²) in [7, 11) is 0. The number of halogens is 1. The largest absolute Gasteiger partial charge is 0.387 e. The third-order valence-corrected chi connectivity index (χ3v) is 4.13. The normalized spacial score (nSPS) is 15.5. The van der Waals surface area contributed by atoms with Gasteiger partial charge in [0.2, 0.25) is 0 Å². The molecule has 2 aromatic carbocycles. The summed E-state index contributed by atoms with van der Waals surface area (Å²) in [6.07, 6.45) is 0.142. The van der Waals surface area contributed by atoms with Gasteiger partial charge in [-0.3, -0.25) is 0 Å². The van der Waals surface area contributed by atoms with Gasteiger partial charge in [0, 0.05) is 11.1 Å². The van der Waals surface area contributed by atoms with Crippen LogP contribution in [0.1, 0.15) is 29.7 Å². The number of hydrogen-bond donors (Lipinski definition) is 2. The zero-order valence-electron chi connectivity index (χ0n) is 12.5. The quantitative estimate of drug-likeness (QED) is 0.880. The smallest absolute Gasteiger partial charge is 0.0944 e. The summed E-state index contributed by atoms with van der Waals surface area (Å²) >= 11 is 5.97. The minimum Gasteiger partial charge on any atom is -0.387 e. The van der Waals surface area contributed by atoms with Crippen LogP contribution in [-0.2, 0) is 6.42 Å². The Morgan fingerprint density at radius 3 is 2.43 bits per heavy atom. The number of aliphatic hydroxyl groups excluding tert-OH is 1. The van der Waals surface area contributed by atoms with Crippen molar-refractivity contribution in [1.29, 1.82) is 0 Å². The summed E-state index contributed by atoms with van der Waals surface area (Å²) in [5, 5.41) is 11.0. The predicted molar refractivity (Wildman–Crippen MR) is 88.4 cm³/mol. The average molecular weight is 304 g/mol. The number of nitrogens with two attached hydrogens (primary N) is 1. The Bertz CT molecular complexity index is 582. The molecule has 0 fully saturated rings. The lowest BCUT2D eigenvalue weighted by atomic mass is 9.88. The fraction of sp³-hybridized carbons (Fsp3) is 0.333. The first-order valence-corrected chi connectivity index (χ1v) is 7.60. The fourth-order valence-electron chi connectivity index (χ4n) is 2.46.